The van der Waals surface area contributed by atoms with E-state index >= 15 is 0 Å². The molecule has 1 N–H and O–H groups in total. The molecule has 0 radical (unpaired) electrons. The number of imidazole rings is 1. The molecule has 0 saturated carbocycles. The first-order valence-electron chi connectivity index (χ1n) is 8.68. The third-order valence-corrected chi connectivity index (χ3v) is 4.11. The molecule has 0 bridgehead atoms. The molecule has 0 aliphatic rings. The van der Waals surface area contributed by atoms with Crippen LogP contribution in [0.1, 0.15) is 0 Å². The lowest BCUT2D eigenvalue weighted by Crippen LogP contribution is -2.20. The van der Waals surface area contributed by atoms with Gasteiger partial charge in [-0.05, 0) is 42.5 Å². The maximum atomic E-state index is 12.2. The predicted octanol–water partition coefficient (Wildman–Crippen LogP) is 3.42. The molecule has 140 valence electrons. The number of hydrogen-bond acceptors (Lipinski definition) is 5. The number of nitrogens with one attached hydrogen (secondary N) is 1. The van der Waals surface area contributed by atoms with Crippen molar-refractivity contribution in [1.82, 2.24) is 14.4 Å². The van der Waals surface area contributed by atoms with E-state index < -0.39 is 0 Å². The molecule has 0 unspecified atom stereocenters. The minimum absolute atomic E-state index is 0.0885. The Morgan fingerprint density at radius 3 is 2.71 bits per heavy atom. The lowest BCUT2D eigenvalue weighted by atomic mass is 10.1. The smallest absolute Gasteiger partial charge is 0.262 e. The van der Waals surface area contributed by atoms with Gasteiger partial charge in [-0.3, -0.25) is 9.20 Å². The van der Waals surface area contributed by atoms with Crippen LogP contribution in [0.2, 0.25) is 0 Å². The quantitative estimate of drug-likeness (QED) is 0.559. The molecular formula is C21H18N4O3. The second-order valence-corrected chi connectivity index (χ2v) is 6.05. The highest BCUT2D eigenvalue weighted by Crippen LogP contribution is 2.22. The molecule has 7 nitrogen and oxygen atoms in total. The number of aromatic nitrogens is 3. The first-order chi connectivity index (χ1) is 13.7. The van der Waals surface area contributed by atoms with Crippen molar-refractivity contribution in [3.8, 4) is 22.8 Å². The van der Waals surface area contributed by atoms with Gasteiger partial charge in [-0.15, -0.1) is 0 Å². The first kappa shape index (κ1) is 17.5. The average Bonchev–Trinajstić information content (AvgIpc) is 3.17. The zero-order valence-electron chi connectivity index (χ0n) is 15.2. The topological polar surface area (TPSA) is 77.8 Å². The van der Waals surface area contributed by atoms with Gasteiger partial charge < -0.3 is 14.8 Å². The molecule has 2 heterocycles. The number of methoxy groups -OCH3 is 1. The number of carbonyl (C=O) groups is 1. The zero-order valence-corrected chi connectivity index (χ0v) is 15.2. The number of benzene rings is 2. The van der Waals surface area contributed by atoms with E-state index in [0.717, 1.165) is 17.0 Å². The Kier molecular flexibility index (Phi) is 4.88. The fourth-order valence-corrected chi connectivity index (χ4v) is 2.74. The first-order valence-corrected chi connectivity index (χ1v) is 8.68. The van der Waals surface area contributed by atoms with Crippen molar-refractivity contribution in [2.45, 2.75) is 0 Å². The van der Waals surface area contributed by atoms with Crippen LogP contribution in [0.4, 0.5) is 5.69 Å². The van der Waals surface area contributed by atoms with E-state index in [-0.39, 0.29) is 12.5 Å². The normalized spacial score (nSPS) is 10.6. The number of nitrogens with zero attached hydrogens (tertiary/aromatic N) is 3. The highest BCUT2D eigenvalue weighted by atomic mass is 16.5. The highest BCUT2D eigenvalue weighted by molar-refractivity contribution is 5.92. The molecule has 1 amide bonds. The van der Waals surface area contributed by atoms with E-state index in [1.54, 1.807) is 37.6 Å². The number of rotatable bonds is 6. The molecule has 0 fully saturated rings. The number of amides is 1. The van der Waals surface area contributed by atoms with Crippen LogP contribution in [0.15, 0.2) is 73.2 Å². The van der Waals surface area contributed by atoms with Crippen LogP contribution in [0.3, 0.4) is 0 Å². The van der Waals surface area contributed by atoms with Gasteiger partial charge >= 0.3 is 0 Å². The molecule has 0 spiro atoms. The van der Waals surface area contributed by atoms with Crippen molar-refractivity contribution in [1.29, 1.82) is 0 Å². The van der Waals surface area contributed by atoms with Gasteiger partial charge in [0.05, 0.1) is 12.8 Å². The number of hydrogen-bond donors (Lipinski definition) is 1. The van der Waals surface area contributed by atoms with Crippen LogP contribution in [0, 0.1) is 0 Å². The summed E-state index contributed by atoms with van der Waals surface area (Å²) >= 11 is 0. The fraction of sp³-hybridized carbons (Fsp3) is 0.0952. The number of ether oxygens (including phenoxy) is 2. The van der Waals surface area contributed by atoms with Crippen molar-refractivity contribution in [3.05, 3.63) is 73.2 Å². The van der Waals surface area contributed by atoms with Crippen LogP contribution in [0.5, 0.6) is 11.5 Å². The van der Waals surface area contributed by atoms with E-state index in [4.69, 9.17) is 9.47 Å². The van der Waals surface area contributed by atoms with Gasteiger partial charge in [-0.25, -0.2) is 9.97 Å². The summed E-state index contributed by atoms with van der Waals surface area (Å²) in [4.78, 5) is 20.9. The Morgan fingerprint density at radius 1 is 1.11 bits per heavy atom. The molecule has 2 aromatic heterocycles. The average molecular weight is 374 g/mol. The molecular weight excluding hydrogens is 356 g/mol. The van der Waals surface area contributed by atoms with E-state index in [1.807, 2.05) is 47.1 Å². The lowest BCUT2D eigenvalue weighted by molar-refractivity contribution is -0.118. The van der Waals surface area contributed by atoms with Crippen molar-refractivity contribution < 1.29 is 14.3 Å². The van der Waals surface area contributed by atoms with E-state index in [2.05, 4.69) is 15.3 Å². The number of anilines is 1. The summed E-state index contributed by atoms with van der Waals surface area (Å²) in [5, 5.41) is 2.84. The van der Waals surface area contributed by atoms with Crippen LogP contribution in [0.25, 0.3) is 17.0 Å². The van der Waals surface area contributed by atoms with Crippen molar-refractivity contribution in [3.63, 3.8) is 0 Å². The molecule has 4 aromatic rings. The third-order valence-electron chi connectivity index (χ3n) is 4.11. The molecule has 4 rings (SSSR count). The van der Waals surface area contributed by atoms with E-state index in [1.165, 1.54) is 0 Å². The van der Waals surface area contributed by atoms with Gasteiger partial charge in [-0.2, -0.15) is 0 Å². The monoisotopic (exact) mass is 374 g/mol. The standard InChI is InChI=1S/C21H18N4O3/c1-27-17-6-8-18(9-7-17)28-14-20(26)23-16-5-2-4-15(12-16)19-13-25-11-3-10-22-21(25)24-19/h2-13H,14H2,1H3,(H,23,26). The summed E-state index contributed by atoms with van der Waals surface area (Å²) in [6.07, 6.45) is 5.49. The molecule has 2 aromatic carbocycles. The van der Waals surface area contributed by atoms with Crippen molar-refractivity contribution in [2.24, 2.45) is 0 Å². The molecule has 0 atom stereocenters. The van der Waals surface area contributed by atoms with Gasteiger partial charge in [0.2, 0.25) is 5.78 Å². The molecule has 28 heavy (non-hydrogen) atoms. The second-order valence-electron chi connectivity index (χ2n) is 6.05. The van der Waals surface area contributed by atoms with Gasteiger partial charge in [-0.1, -0.05) is 12.1 Å². The Bertz CT molecular complexity index is 1070. The van der Waals surface area contributed by atoms with Crippen LogP contribution in [-0.2, 0) is 4.79 Å². The van der Waals surface area contributed by atoms with E-state index in [0.29, 0.717) is 17.2 Å². The highest BCUT2D eigenvalue weighted by Gasteiger charge is 2.08. The summed E-state index contributed by atoms with van der Waals surface area (Å²) in [5.41, 5.74) is 2.34. The fourth-order valence-electron chi connectivity index (χ4n) is 2.74. The second kappa shape index (κ2) is 7.79. The van der Waals surface area contributed by atoms with Crippen molar-refractivity contribution in [2.75, 3.05) is 19.0 Å². The van der Waals surface area contributed by atoms with Gasteiger partial charge in [0.1, 0.15) is 11.5 Å². The third kappa shape index (κ3) is 3.93. The lowest BCUT2D eigenvalue weighted by Gasteiger charge is -2.09. The van der Waals surface area contributed by atoms with Crippen LogP contribution < -0.4 is 14.8 Å². The minimum Gasteiger partial charge on any atom is -0.497 e. The Hall–Kier alpha value is -3.87. The van der Waals surface area contributed by atoms with Gasteiger partial charge in [0.25, 0.3) is 5.91 Å². The molecule has 0 aliphatic heterocycles. The van der Waals surface area contributed by atoms with E-state index in [9.17, 15) is 4.79 Å². The molecule has 0 saturated heterocycles. The van der Waals surface area contributed by atoms with Gasteiger partial charge in [0.15, 0.2) is 6.61 Å². The summed E-state index contributed by atoms with van der Waals surface area (Å²) in [6.45, 7) is -0.0885. The Labute approximate surface area is 161 Å². The predicted molar refractivity (Wildman–Crippen MR) is 106 cm³/mol. The largest absolute Gasteiger partial charge is 0.497 e. The molecule has 0 aliphatic carbocycles. The minimum atomic E-state index is -0.246. The van der Waals surface area contributed by atoms with Crippen LogP contribution >= 0.6 is 0 Å². The maximum absolute atomic E-state index is 12.2. The Balaban J connectivity index is 1.41. The summed E-state index contributed by atoms with van der Waals surface area (Å²) in [5.74, 6) is 1.71. The number of carbonyl (C=O) groups excluding carboxylic acids is 1. The zero-order chi connectivity index (χ0) is 19.3. The molecule has 7 heteroatoms. The summed E-state index contributed by atoms with van der Waals surface area (Å²) < 4.78 is 12.4. The summed E-state index contributed by atoms with van der Waals surface area (Å²) in [7, 11) is 1.60. The van der Waals surface area contributed by atoms with Gasteiger partial charge in [0, 0.05) is 29.8 Å². The Morgan fingerprint density at radius 2 is 1.93 bits per heavy atom. The van der Waals surface area contributed by atoms with Crippen LogP contribution in [-0.4, -0.2) is 34.0 Å². The maximum Gasteiger partial charge on any atom is 0.262 e. The summed E-state index contributed by atoms with van der Waals surface area (Å²) in [6, 6.07) is 16.4. The number of fused-ring (bicyclic) bond motifs is 1. The SMILES string of the molecule is COc1ccc(OCC(=O)Nc2cccc(-c3cn4cccnc4n3)c2)cc1. The van der Waals surface area contributed by atoms with Crippen molar-refractivity contribution >= 4 is 17.4 Å².